The lowest BCUT2D eigenvalue weighted by Gasteiger charge is -2.38. The highest BCUT2D eigenvalue weighted by Gasteiger charge is 2.39. The fourth-order valence-electron chi connectivity index (χ4n) is 2.42. The predicted octanol–water partition coefficient (Wildman–Crippen LogP) is -0.384. The number of carbonyl (C=O) groups excluding carboxylic acids is 2. The smallest absolute Gasteiger partial charge is 0.251 e. The standard InChI is InChI=1S/C15H22N4O3/c1-15(14(16)21)11-19(6-7-22-15)13(20)10-18(2)9-12-4-3-5-17-8-12/h3-5,8H,6-7,9-11H2,1-2H3,(H2,16,21)/t15-/m1/s1. The molecule has 1 fully saturated rings. The van der Waals surface area contributed by atoms with E-state index in [1.165, 1.54) is 0 Å². The third kappa shape index (κ3) is 4.02. The molecule has 7 heteroatoms. The minimum absolute atomic E-state index is 0.0397. The van der Waals surface area contributed by atoms with E-state index in [1.54, 1.807) is 24.2 Å². The number of nitrogens with two attached hydrogens (primary N) is 1. The zero-order chi connectivity index (χ0) is 16.2. The van der Waals surface area contributed by atoms with Crippen LogP contribution >= 0.6 is 0 Å². The number of ether oxygens (including phenoxy) is 1. The van der Waals surface area contributed by atoms with Crippen molar-refractivity contribution < 1.29 is 14.3 Å². The Labute approximate surface area is 130 Å². The minimum Gasteiger partial charge on any atom is -0.367 e. The Kier molecular flexibility index (Phi) is 5.10. The zero-order valence-corrected chi connectivity index (χ0v) is 13.0. The molecule has 1 atom stereocenters. The molecule has 1 aliphatic heterocycles. The SMILES string of the molecule is CN(CC(=O)N1CCO[C@@](C)(C(N)=O)C1)Cc1cccnc1. The van der Waals surface area contributed by atoms with Crippen LogP contribution in [0.2, 0.25) is 0 Å². The summed E-state index contributed by atoms with van der Waals surface area (Å²) in [7, 11) is 1.87. The lowest BCUT2D eigenvalue weighted by Crippen LogP contribution is -2.59. The first-order valence-electron chi connectivity index (χ1n) is 7.20. The Hall–Kier alpha value is -1.99. The molecular weight excluding hydrogens is 284 g/mol. The first-order valence-corrected chi connectivity index (χ1v) is 7.20. The van der Waals surface area contributed by atoms with E-state index in [4.69, 9.17) is 10.5 Å². The number of carbonyl (C=O) groups is 2. The van der Waals surface area contributed by atoms with E-state index >= 15 is 0 Å². The molecular formula is C15H22N4O3. The van der Waals surface area contributed by atoms with Crippen molar-refractivity contribution in [2.45, 2.75) is 19.1 Å². The lowest BCUT2D eigenvalue weighted by molar-refractivity contribution is -0.160. The summed E-state index contributed by atoms with van der Waals surface area (Å²) in [5.41, 5.74) is 5.29. The van der Waals surface area contributed by atoms with Gasteiger partial charge in [0.1, 0.15) is 0 Å². The average Bonchev–Trinajstić information content (AvgIpc) is 2.48. The summed E-state index contributed by atoms with van der Waals surface area (Å²) >= 11 is 0. The molecule has 1 aromatic rings. The van der Waals surface area contributed by atoms with Crippen LogP contribution < -0.4 is 5.73 Å². The van der Waals surface area contributed by atoms with Crippen LogP contribution in [0.15, 0.2) is 24.5 Å². The maximum absolute atomic E-state index is 12.4. The summed E-state index contributed by atoms with van der Waals surface area (Å²) in [6.07, 6.45) is 3.49. The number of amides is 2. The molecule has 0 aromatic carbocycles. The molecule has 2 rings (SSSR count). The average molecular weight is 306 g/mol. The molecule has 22 heavy (non-hydrogen) atoms. The number of nitrogens with zero attached hydrogens (tertiary/aromatic N) is 3. The quantitative estimate of drug-likeness (QED) is 0.801. The number of primary amides is 1. The van der Waals surface area contributed by atoms with Gasteiger partial charge in [-0.2, -0.15) is 0 Å². The van der Waals surface area contributed by atoms with Crippen molar-refractivity contribution >= 4 is 11.8 Å². The summed E-state index contributed by atoms with van der Waals surface area (Å²) in [6, 6.07) is 3.83. The van der Waals surface area contributed by atoms with E-state index in [9.17, 15) is 9.59 Å². The second-order valence-electron chi connectivity index (χ2n) is 5.79. The number of morpholine rings is 1. The molecule has 2 amide bonds. The van der Waals surface area contributed by atoms with Gasteiger partial charge >= 0.3 is 0 Å². The topological polar surface area (TPSA) is 88.8 Å². The van der Waals surface area contributed by atoms with E-state index in [0.29, 0.717) is 19.7 Å². The molecule has 1 aliphatic rings. The van der Waals surface area contributed by atoms with Crippen molar-refractivity contribution in [3.63, 3.8) is 0 Å². The molecule has 1 aromatic heterocycles. The highest BCUT2D eigenvalue weighted by molar-refractivity contribution is 5.85. The Bertz CT molecular complexity index is 537. The van der Waals surface area contributed by atoms with Crippen LogP contribution in [0.25, 0.3) is 0 Å². The summed E-state index contributed by atoms with van der Waals surface area (Å²) in [6.45, 7) is 3.51. The summed E-state index contributed by atoms with van der Waals surface area (Å²) in [5, 5.41) is 0. The second-order valence-corrected chi connectivity index (χ2v) is 5.79. The third-order valence-corrected chi connectivity index (χ3v) is 3.73. The lowest BCUT2D eigenvalue weighted by atomic mass is 10.0. The number of hydrogen-bond acceptors (Lipinski definition) is 5. The highest BCUT2D eigenvalue weighted by atomic mass is 16.5. The van der Waals surface area contributed by atoms with Crippen LogP contribution in [0.3, 0.4) is 0 Å². The van der Waals surface area contributed by atoms with Crippen LogP contribution in [-0.4, -0.2) is 65.5 Å². The van der Waals surface area contributed by atoms with E-state index < -0.39 is 11.5 Å². The first kappa shape index (κ1) is 16.4. The van der Waals surface area contributed by atoms with Gasteiger partial charge in [-0.05, 0) is 25.6 Å². The Morgan fingerprint density at radius 1 is 1.55 bits per heavy atom. The van der Waals surface area contributed by atoms with Gasteiger partial charge in [0.25, 0.3) is 5.91 Å². The van der Waals surface area contributed by atoms with Gasteiger partial charge in [0.15, 0.2) is 5.60 Å². The monoisotopic (exact) mass is 306 g/mol. The number of likely N-dealkylation sites (N-methyl/N-ethyl adjacent to an activating group) is 1. The fraction of sp³-hybridized carbons (Fsp3) is 0.533. The maximum atomic E-state index is 12.4. The molecule has 7 nitrogen and oxygen atoms in total. The predicted molar refractivity (Wildman–Crippen MR) is 80.7 cm³/mol. The van der Waals surface area contributed by atoms with Crippen LogP contribution in [-0.2, 0) is 20.9 Å². The van der Waals surface area contributed by atoms with Crippen molar-refractivity contribution in [1.29, 1.82) is 0 Å². The van der Waals surface area contributed by atoms with E-state index in [1.807, 2.05) is 24.1 Å². The summed E-state index contributed by atoms with van der Waals surface area (Å²) in [5.74, 6) is -0.587. The van der Waals surface area contributed by atoms with Crippen LogP contribution in [0.1, 0.15) is 12.5 Å². The first-order chi connectivity index (χ1) is 10.4. The normalized spacial score (nSPS) is 21.9. The van der Waals surface area contributed by atoms with Gasteiger partial charge in [-0.3, -0.25) is 19.5 Å². The van der Waals surface area contributed by atoms with Crippen molar-refractivity contribution in [3.05, 3.63) is 30.1 Å². The Morgan fingerprint density at radius 3 is 2.95 bits per heavy atom. The molecule has 1 saturated heterocycles. The number of rotatable bonds is 5. The van der Waals surface area contributed by atoms with Gasteiger partial charge in [-0.15, -0.1) is 0 Å². The molecule has 0 bridgehead atoms. The highest BCUT2D eigenvalue weighted by Crippen LogP contribution is 2.17. The summed E-state index contributed by atoms with van der Waals surface area (Å²) in [4.78, 5) is 31.4. The number of aromatic nitrogens is 1. The molecule has 2 N–H and O–H groups in total. The van der Waals surface area contributed by atoms with Crippen molar-refractivity contribution in [3.8, 4) is 0 Å². The van der Waals surface area contributed by atoms with Crippen LogP contribution in [0, 0.1) is 0 Å². The maximum Gasteiger partial charge on any atom is 0.251 e. The minimum atomic E-state index is -1.10. The van der Waals surface area contributed by atoms with Crippen molar-refractivity contribution in [2.75, 3.05) is 33.3 Å². The molecule has 0 saturated carbocycles. The molecule has 120 valence electrons. The van der Waals surface area contributed by atoms with Gasteiger partial charge in [0, 0.05) is 25.5 Å². The summed E-state index contributed by atoms with van der Waals surface area (Å²) < 4.78 is 5.42. The Morgan fingerprint density at radius 2 is 2.32 bits per heavy atom. The van der Waals surface area contributed by atoms with Crippen molar-refractivity contribution in [1.82, 2.24) is 14.8 Å². The number of pyridine rings is 1. The molecule has 2 heterocycles. The van der Waals surface area contributed by atoms with Gasteiger partial charge in [-0.1, -0.05) is 6.07 Å². The third-order valence-electron chi connectivity index (χ3n) is 3.73. The van der Waals surface area contributed by atoms with Crippen LogP contribution in [0.4, 0.5) is 0 Å². The molecule has 0 aliphatic carbocycles. The molecule has 0 unspecified atom stereocenters. The Balaban J connectivity index is 1.90. The second kappa shape index (κ2) is 6.85. The van der Waals surface area contributed by atoms with E-state index in [-0.39, 0.29) is 19.0 Å². The largest absolute Gasteiger partial charge is 0.367 e. The van der Waals surface area contributed by atoms with Crippen molar-refractivity contribution in [2.24, 2.45) is 5.73 Å². The fourth-order valence-corrected chi connectivity index (χ4v) is 2.42. The zero-order valence-electron chi connectivity index (χ0n) is 13.0. The molecule has 0 radical (unpaired) electrons. The van der Waals surface area contributed by atoms with E-state index in [0.717, 1.165) is 5.56 Å². The van der Waals surface area contributed by atoms with Gasteiger partial charge in [0.2, 0.25) is 5.91 Å². The van der Waals surface area contributed by atoms with Gasteiger partial charge < -0.3 is 15.4 Å². The van der Waals surface area contributed by atoms with Crippen LogP contribution in [0.5, 0.6) is 0 Å². The number of hydrogen-bond donors (Lipinski definition) is 1. The van der Waals surface area contributed by atoms with Gasteiger partial charge in [-0.25, -0.2) is 0 Å². The van der Waals surface area contributed by atoms with Gasteiger partial charge in [0.05, 0.1) is 19.7 Å². The van der Waals surface area contributed by atoms with E-state index in [2.05, 4.69) is 4.98 Å². The molecule has 0 spiro atoms.